The molecule has 0 radical (unpaired) electrons. The number of carbonyl (C=O) groups excluding carboxylic acids is 1. The Bertz CT molecular complexity index is 444. The van der Waals surface area contributed by atoms with Gasteiger partial charge in [-0.15, -0.1) is 0 Å². The van der Waals surface area contributed by atoms with Gasteiger partial charge in [0.1, 0.15) is 5.76 Å². The second-order valence-electron chi connectivity index (χ2n) is 4.84. The van der Waals surface area contributed by atoms with Gasteiger partial charge in [-0.1, -0.05) is 0 Å². The third kappa shape index (κ3) is 3.27. The van der Waals surface area contributed by atoms with Crippen molar-refractivity contribution in [2.75, 3.05) is 20.1 Å². The predicted molar refractivity (Wildman–Crippen MR) is 67.5 cm³/mol. The van der Waals surface area contributed by atoms with E-state index >= 15 is 0 Å². The second-order valence-corrected chi connectivity index (χ2v) is 4.84. The van der Waals surface area contributed by atoms with E-state index in [4.69, 9.17) is 9.52 Å². The van der Waals surface area contributed by atoms with E-state index in [1.807, 2.05) is 0 Å². The third-order valence-electron chi connectivity index (χ3n) is 3.34. The van der Waals surface area contributed by atoms with Gasteiger partial charge in [0.2, 0.25) is 0 Å². The molecule has 1 saturated heterocycles. The summed E-state index contributed by atoms with van der Waals surface area (Å²) in [6.07, 6.45) is 2.94. The number of hydrogen-bond donors (Lipinski definition) is 1. The molecule has 1 aromatic heterocycles. The molecule has 2 amide bonds. The smallest absolute Gasteiger partial charge is 0.320 e. The Kier molecular flexibility index (Phi) is 4.09. The lowest BCUT2D eigenvalue weighted by atomic mass is 9.99. The topological polar surface area (TPSA) is 74.0 Å². The summed E-state index contributed by atoms with van der Waals surface area (Å²) in [7, 11) is 1.69. The molecule has 104 valence electrons. The summed E-state index contributed by atoms with van der Waals surface area (Å²) < 4.78 is 5.19. The number of hydrogen-bond acceptors (Lipinski definition) is 3. The van der Waals surface area contributed by atoms with Gasteiger partial charge < -0.3 is 19.3 Å². The number of carbonyl (C=O) groups is 2. The normalized spacial score (nSPS) is 19.2. The standard InChI is InChI=1S/C13H18N2O4/c1-14(9-11-5-3-7-19-11)13(18)15-6-2-4-10(8-15)12(16)17/h3,5,7,10H,2,4,6,8-9H2,1H3,(H,16,17)/t10-/m0/s1. The van der Waals surface area contributed by atoms with E-state index in [2.05, 4.69) is 0 Å². The number of piperidine rings is 1. The fraction of sp³-hybridized carbons (Fsp3) is 0.538. The van der Waals surface area contributed by atoms with Gasteiger partial charge in [-0.25, -0.2) is 4.79 Å². The molecule has 1 aromatic rings. The van der Waals surface area contributed by atoms with Gasteiger partial charge in [0.25, 0.3) is 0 Å². The van der Waals surface area contributed by atoms with Gasteiger partial charge in [0, 0.05) is 20.1 Å². The molecule has 6 nitrogen and oxygen atoms in total. The number of nitrogens with zero attached hydrogens (tertiary/aromatic N) is 2. The van der Waals surface area contributed by atoms with Crippen LogP contribution >= 0.6 is 0 Å². The van der Waals surface area contributed by atoms with Crippen LogP contribution in [0, 0.1) is 5.92 Å². The zero-order valence-electron chi connectivity index (χ0n) is 10.9. The Morgan fingerprint density at radius 1 is 1.58 bits per heavy atom. The van der Waals surface area contributed by atoms with E-state index in [0.29, 0.717) is 25.3 Å². The minimum absolute atomic E-state index is 0.151. The van der Waals surface area contributed by atoms with Crippen molar-refractivity contribution in [3.8, 4) is 0 Å². The van der Waals surface area contributed by atoms with Crippen LogP contribution in [0.25, 0.3) is 0 Å². The average molecular weight is 266 g/mol. The second kappa shape index (κ2) is 5.77. The van der Waals surface area contributed by atoms with Crippen LogP contribution in [0.5, 0.6) is 0 Å². The van der Waals surface area contributed by atoms with Gasteiger partial charge in [0.15, 0.2) is 0 Å². The third-order valence-corrected chi connectivity index (χ3v) is 3.34. The minimum atomic E-state index is -0.828. The van der Waals surface area contributed by atoms with Gasteiger partial charge in [0.05, 0.1) is 18.7 Å². The van der Waals surface area contributed by atoms with Crippen molar-refractivity contribution in [1.82, 2.24) is 9.80 Å². The van der Waals surface area contributed by atoms with Crippen LogP contribution in [0.4, 0.5) is 4.79 Å². The van der Waals surface area contributed by atoms with Crippen molar-refractivity contribution in [2.24, 2.45) is 5.92 Å². The van der Waals surface area contributed by atoms with Crippen molar-refractivity contribution in [2.45, 2.75) is 19.4 Å². The molecular weight excluding hydrogens is 248 g/mol. The van der Waals surface area contributed by atoms with E-state index in [9.17, 15) is 9.59 Å². The highest BCUT2D eigenvalue weighted by Crippen LogP contribution is 2.18. The van der Waals surface area contributed by atoms with Crippen LogP contribution in [0.1, 0.15) is 18.6 Å². The van der Waals surface area contributed by atoms with Crippen LogP contribution in [0.2, 0.25) is 0 Å². The predicted octanol–water partition coefficient (Wildman–Crippen LogP) is 1.63. The first kappa shape index (κ1) is 13.5. The molecule has 6 heteroatoms. The van der Waals surface area contributed by atoms with E-state index in [-0.39, 0.29) is 12.6 Å². The average Bonchev–Trinajstić information content (AvgIpc) is 2.90. The number of carboxylic acids is 1. The highest BCUT2D eigenvalue weighted by Gasteiger charge is 2.29. The lowest BCUT2D eigenvalue weighted by molar-refractivity contribution is -0.143. The lowest BCUT2D eigenvalue weighted by Crippen LogP contribution is -2.47. The Morgan fingerprint density at radius 3 is 3.00 bits per heavy atom. The van der Waals surface area contributed by atoms with E-state index < -0.39 is 11.9 Å². The van der Waals surface area contributed by atoms with Crippen LogP contribution < -0.4 is 0 Å². The molecule has 0 aliphatic carbocycles. The molecule has 1 N–H and O–H groups in total. The van der Waals surface area contributed by atoms with E-state index in [1.165, 1.54) is 0 Å². The minimum Gasteiger partial charge on any atom is -0.481 e. The van der Waals surface area contributed by atoms with Crippen molar-refractivity contribution >= 4 is 12.0 Å². The molecule has 1 fully saturated rings. The summed E-state index contributed by atoms with van der Waals surface area (Å²) in [5.41, 5.74) is 0. The number of carboxylic acid groups (broad SMARTS) is 1. The summed E-state index contributed by atoms with van der Waals surface area (Å²) in [6.45, 7) is 1.29. The molecule has 0 saturated carbocycles. The zero-order chi connectivity index (χ0) is 13.8. The molecule has 1 atom stereocenters. The Hall–Kier alpha value is -1.98. The first-order chi connectivity index (χ1) is 9.08. The number of amides is 2. The lowest BCUT2D eigenvalue weighted by Gasteiger charge is -2.33. The Morgan fingerprint density at radius 2 is 2.37 bits per heavy atom. The molecule has 0 bridgehead atoms. The maximum atomic E-state index is 12.2. The molecule has 2 heterocycles. The maximum Gasteiger partial charge on any atom is 0.320 e. The zero-order valence-corrected chi connectivity index (χ0v) is 10.9. The molecule has 0 spiro atoms. The van der Waals surface area contributed by atoms with Crippen LogP contribution in [-0.2, 0) is 11.3 Å². The highest BCUT2D eigenvalue weighted by atomic mass is 16.4. The Labute approximate surface area is 111 Å². The number of urea groups is 1. The fourth-order valence-electron chi connectivity index (χ4n) is 2.30. The molecule has 0 aromatic carbocycles. The maximum absolute atomic E-state index is 12.2. The van der Waals surface area contributed by atoms with Crippen molar-refractivity contribution in [3.63, 3.8) is 0 Å². The quantitative estimate of drug-likeness (QED) is 0.902. The number of rotatable bonds is 3. The van der Waals surface area contributed by atoms with Gasteiger partial charge in [-0.3, -0.25) is 4.79 Å². The van der Waals surface area contributed by atoms with E-state index in [0.717, 1.165) is 6.42 Å². The number of aliphatic carboxylic acids is 1. The first-order valence-corrected chi connectivity index (χ1v) is 6.33. The molecule has 19 heavy (non-hydrogen) atoms. The summed E-state index contributed by atoms with van der Waals surface area (Å²) in [6, 6.07) is 3.43. The molecule has 2 rings (SSSR count). The fourth-order valence-corrected chi connectivity index (χ4v) is 2.30. The molecule has 0 unspecified atom stereocenters. The van der Waals surface area contributed by atoms with Crippen LogP contribution in [0.15, 0.2) is 22.8 Å². The summed E-state index contributed by atoms with van der Waals surface area (Å²) >= 11 is 0. The van der Waals surface area contributed by atoms with Gasteiger partial charge in [-0.2, -0.15) is 0 Å². The van der Waals surface area contributed by atoms with Gasteiger partial charge in [-0.05, 0) is 25.0 Å². The molecule has 1 aliphatic heterocycles. The van der Waals surface area contributed by atoms with Crippen molar-refractivity contribution in [1.29, 1.82) is 0 Å². The summed E-state index contributed by atoms with van der Waals surface area (Å²) in [5.74, 6) is -0.566. The van der Waals surface area contributed by atoms with Crippen LogP contribution in [0.3, 0.4) is 0 Å². The number of furan rings is 1. The number of likely N-dealkylation sites (tertiary alicyclic amines) is 1. The van der Waals surface area contributed by atoms with Crippen molar-refractivity contribution < 1.29 is 19.1 Å². The summed E-state index contributed by atoms with van der Waals surface area (Å²) in [4.78, 5) is 26.3. The van der Waals surface area contributed by atoms with E-state index in [1.54, 1.807) is 35.2 Å². The van der Waals surface area contributed by atoms with Crippen LogP contribution in [-0.4, -0.2) is 47.0 Å². The Balaban J connectivity index is 1.93. The monoisotopic (exact) mass is 266 g/mol. The molecule has 1 aliphatic rings. The first-order valence-electron chi connectivity index (χ1n) is 6.33. The van der Waals surface area contributed by atoms with Crippen molar-refractivity contribution in [3.05, 3.63) is 24.2 Å². The van der Waals surface area contributed by atoms with Gasteiger partial charge >= 0.3 is 12.0 Å². The molecular formula is C13H18N2O4. The SMILES string of the molecule is CN(Cc1ccco1)C(=O)N1CCC[C@H](C(=O)O)C1. The largest absolute Gasteiger partial charge is 0.481 e. The summed E-state index contributed by atoms with van der Waals surface area (Å²) in [5, 5.41) is 9.02. The highest BCUT2D eigenvalue weighted by molar-refractivity contribution is 5.76.